The first kappa shape index (κ1) is 15.3. The van der Waals surface area contributed by atoms with E-state index in [4.69, 9.17) is 0 Å². The summed E-state index contributed by atoms with van der Waals surface area (Å²) in [5.74, 6) is 0.0581. The molecule has 120 valence electrons. The van der Waals surface area contributed by atoms with Crippen molar-refractivity contribution >= 4 is 16.8 Å². The summed E-state index contributed by atoms with van der Waals surface area (Å²) in [6.45, 7) is 4.07. The van der Waals surface area contributed by atoms with Crippen LogP contribution in [-0.2, 0) is 17.9 Å². The largest absolute Gasteiger partial charge is 0.356 e. The molecule has 0 bridgehead atoms. The number of hydrogen-bond acceptors (Lipinski definition) is 3. The Hall–Kier alpha value is -2.63. The van der Waals surface area contributed by atoms with Crippen molar-refractivity contribution in [2.75, 3.05) is 6.54 Å². The summed E-state index contributed by atoms with van der Waals surface area (Å²) in [5.41, 5.74) is 2.08. The zero-order valence-electron chi connectivity index (χ0n) is 13.3. The first-order valence-electron chi connectivity index (χ1n) is 7.90. The van der Waals surface area contributed by atoms with Crippen LogP contribution in [0, 0.1) is 6.92 Å². The number of aromatic nitrogens is 4. The van der Waals surface area contributed by atoms with Crippen LogP contribution >= 0.6 is 0 Å². The maximum atomic E-state index is 11.9. The third-order valence-corrected chi connectivity index (χ3v) is 3.84. The molecular weight excluding hydrogens is 290 g/mol. The number of fused-ring (bicyclic) bond motifs is 1. The lowest BCUT2D eigenvalue weighted by molar-refractivity contribution is -0.121. The number of amides is 1. The number of aryl methyl sites for hydroxylation is 3. The molecule has 0 atom stereocenters. The van der Waals surface area contributed by atoms with Crippen molar-refractivity contribution in [2.45, 2.75) is 32.9 Å². The van der Waals surface area contributed by atoms with Gasteiger partial charge in [-0.15, -0.1) is 0 Å². The quantitative estimate of drug-likeness (QED) is 0.680. The lowest BCUT2D eigenvalue weighted by atomic mass is 10.2. The van der Waals surface area contributed by atoms with Gasteiger partial charge in [-0.1, -0.05) is 18.2 Å². The third kappa shape index (κ3) is 3.77. The van der Waals surface area contributed by atoms with E-state index in [1.54, 1.807) is 6.20 Å². The minimum atomic E-state index is 0.0581. The minimum absolute atomic E-state index is 0.0581. The summed E-state index contributed by atoms with van der Waals surface area (Å²) in [6, 6.07) is 10.00. The number of nitrogens with zero attached hydrogens (tertiary/aromatic N) is 4. The molecule has 1 aromatic carbocycles. The first-order chi connectivity index (χ1) is 11.2. The van der Waals surface area contributed by atoms with Crippen LogP contribution in [0.25, 0.3) is 10.9 Å². The van der Waals surface area contributed by atoms with E-state index in [2.05, 4.69) is 21.6 Å². The van der Waals surface area contributed by atoms with Gasteiger partial charge < -0.3 is 5.32 Å². The van der Waals surface area contributed by atoms with Crippen LogP contribution in [0.3, 0.4) is 0 Å². The van der Waals surface area contributed by atoms with Crippen LogP contribution < -0.4 is 5.32 Å². The fraction of sp³-hybridized carbons (Fsp3) is 0.353. The van der Waals surface area contributed by atoms with E-state index in [1.165, 1.54) is 0 Å². The summed E-state index contributed by atoms with van der Waals surface area (Å²) in [5, 5.41) is 12.7. The van der Waals surface area contributed by atoms with Gasteiger partial charge in [0.1, 0.15) is 0 Å². The summed E-state index contributed by atoms with van der Waals surface area (Å²) in [7, 11) is 0. The highest BCUT2D eigenvalue weighted by Crippen LogP contribution is 2.17. The van der Waals surface area contributed by atoms with Crippen LogP contribution in [-0.4, -0.2) is 32.0 Å². The Morgan fingerprint density at radius 1 is 1.22 bits per heavy atom. The first-order valence-corrected chi connectivity index (χ1v) is 7.90. The van der Waals surface area contributed by atoms with E-state index in [9.17, 15) is 4.79 Å². The Bertz CT molecular complexity index is 775. The number of rotatable bonds is 7. The monoisotopic (exact) mass is 311 g/mol. The normalized spacial score (nSPS) is 11.0. The molecular formula is C17H21N5O. The van der Waals surface area contributed by atoms with Gasteiger partial charge in [0.25, 0.3) is 0 Å². The average molecular weight is 311 g/mol. The molecule has 0 fully saturated rings. The molecule has 0 unspecified atom stereocenters. The van der Waals surface area contributed by atoms with Gasteiger partial charge in [-0.05, 0) is 25.5 Å². The fourth-order valence-corrected chi connectivity index (χ4v) is 2.66. The molecule has 6 heteroatoms. The van der Waals surface area contributed by atoms with Gasteiger partial charge in [-0.25, -0.2) is 0 Å². The number of carbonyl (C=O) groups excluding carboxylic acids is 1. The van der Waals surface area contributed by atoms with Gasteiger partial charge in [-0.3, -0.25) is 14.2 Å². The number of para-hydroxylation sites is 1. The molecule has 0 aliphatic carbocycles. The molecule has 0 spiro atoms. The molecule has 0 saturated carbocycles. The smallest absolute Gasteiger partial charge is 0.221 e. The van der Waals surface area contributed by atoms with Gasteiger partial charge in [-0.2, -0.15) is 10.2 Å². The maximum Gasteiger partial charge on any atom is 0.221 e. The number of hydrogen-bond donors (Lipinski definition) is 1. The molecule has 0 radical (unpaired) electrons. The summed E-state index contributed by atoms with van der Waals surface area (Å²) in [6.07, 6.45) is 4.99. The minimum Gasteiger partial charge on any atom is -0.356 e. The lowest BCUT2D eigenvalue weighted by Crippen LogP contribution is -2.26. The van der Waals surface area contributed by atoms with Crippen molar-refractivity contribution in [3.63, 3.8) is 0 Å². The van der Waals surface area contributed by atoms with Crippen LogP contribution in [0.15, 0.2) is 42.7 Å². The van der Waals surface area contributed by atoms with E-state index in [0.717, 1.165) is 29.6 Å². The van der Waals surface area contributed by atoms with E-state index in [1.807, 2.05) is 46.7 Å². The Labute approximate surface area is 135 Å². The highest BCUT2D eigenvalue weighted by Gasteiger charge is 2.08. The second-order valence-corrected chi connectivity index (χ2v) is 5.55. The highest BCUT2D eigenvalue weighted by atomic mass is 16.1. The molecule has 1 N–H and O–H groups in total. The molecule has 3 aromatic rings. The van der Waals surface area contributed by atoms with E-state index in [-0.39, 0.29) is 5.91 Å². The molecule has 6 nitrogen and oxygen atoms in total. The van der Waals surface area contributed by atoms with Crippen molar-refractivity contribution in [3.05, 3.63) is 48.4 Å². The fourth-order valence-electron chi connectivity index (χ4n) is 2.66. The third-order valence-electron chi connectivity index (χ3n) is 3.84. The van der Waals surface area contributed by atoms with Gasteiger partial charge in [0.2, 0.25) is 5.91 Å². The zero-order chi connectivity index (χ0) is 16.1. The Balaban J connectivity index is 1.45. The maximum absolute atomic E-state index is 11.9. The molecule has 3 rings (SSSR count). The second kappa shape index (κ2) is 7.09. The lowest BCUT2D eigenvalue weighted by Gasteiger charge is -2.06. The van der Waals surface area contributed by atoms with Crippen molar-refractivity contribution in [3.8, 4) is 0 Å². The highest BCUT2D eigenvalue weighted by molar-refractivity contribution is 5.82. The predicted octanol–water partition coefficient (Wildman–Crippen LogP) is 2.14. The SMILES string of the molecule is Cc1nn(CCC(=O)NCCCn2cccn2)c2ccccc12. The Morgan fingerprint density at radius 3 is 2.91 bits per heavy atom. The molecule has 0 aliphatic heterocycles. The van der Waals surface area contributed by atoms with Crippen molar-refractivity contribution in [1.82, 2.24) is 24.9 Å². The number of nitrogens with one attached hydrogen (secondary N) is 1. The standard InChI is InChI=1S/C17H21N5O/c1-14-15-6-2-3-7-16(15)22(20-14)13-8-17(23)18-9-4-11-21-12-5-10-19-21/h2-3,5-7,10,12H,4,8-9,11,13H2,1H3,(H,18,23). The van der Waals surface area contributed by atoms with Crippen molar-refractivity contribution in [2.24, 2.45) is 0 Å². The summed E-state index contributed by atoms with van der Waals surface area (Å²) < 4.78 is 3.78. The van der Waals surface area contributed by atoms with Crippen molar-refractivity contribution < 1.29 is 4.79 Å². The van der Waals surface area contributed by atoms with Crippen LogP contribution in [0.1, 0.15) is 18.5 Å². The number of benzene rings is 1. The van der Waals surface area contributed by atoms with Gasteiger partial charge >= 0.3 is 0 Å². The van der Waals surface area contributed by atoms with Gasteiger partial charge in [0, 0.05) is 37.3 Å². The van der Waals surface area contributed by atoms with Gasteiger partial charge in [0.15, 0.2) is 0 Å². The van der Waals surface area contributed by atoms with Crippen LogP contribution in [0.2, 0.25) is 0 Å². The topological polar surface area (TPSA) is 64.7 Å². The van der Waals surface area contributed by atoms with E-state index < -0.39 is 0 Å². The predicted molar refractivity (Wildman–Crippen MR) is 88.9 cm³/mol. The number of carbonyl (C=O) groups is 1. The van der Waals surface area contributed by atoms with Crippen LogP contribution in [0.4, 0.5) is 0 Å². The molecule has 0 aliphatic rings. The average Bonchev–Trinajstić information content (AvgIpc) is 3.18. The molecule has 0 saturated heterocycles. The summed E-state index contributed by atoms with van der Waals surface area (Å²) >= 11 is 0. The van der Waals surface area contributed by atoms with Gasteiger partial charge in [0.05, 0.1) is 17.8 Å². The van der Waals surface area contributed by atoms with E-state index >= 15 is 0 Å². The summed E-state index contributed by atoms with van der Waals surface area (Å²) in [4.78, 5) is 11.9. The van der Waals surface area contributed by atoms with Crippen LogP contribution in [0.5, 0.6) is 0 Å². The second-order valence-electron chi connectivity index (χ2n) is 5.55. The molecule has 23 heavy (non-hydrogen) atoms. The van der Waals surface area contributed by atoms with E-state index in [0.29, 0.717) is 19.5 Å². The molecule has 2 heterocycles. The Kier molecular flexibility index (Phi) is 4.71. The zero-order valence-corrected chi connectivity index (χ0v) is 13.3. The molecule has 2 aromatic heterocycles. The molecule has 1 amide bonds. The Morgan fingerprint density at radius 2 is 2.09 bits per heavy atom. The van der Waals surface area contributed by atoms with Crippen molar-refractivity contribution in [1.29, 1.82) is 0 Å².